The highest BCUT2D eigenvalue weighted by atomic mass is 16.5. The Balaban J connectivity index is 1.79. The van der Waals surface area contributed by atoms with E-state index in [9.17, 15) is 5.11 Å². The Bertz CT molecular complexity index is 146. The van der Waals surface area contributed by atoms with Crippen LogP contribution in [0.1, 0.15) is 26.7 Å². The molecule has 0 bridgehead atoms. The lowest BCUT2D eigenvalue weighted by Gasteiger charge is -2.11. The molecule has 3 heteroatoms. The molecule has 14 heavy (non-hydrogen) atoms. The molecule has 0 radical (unpaired) electrons. The van der Waals surface area contributed by atoms with E-state index in [1.54, 1.807) is 0 Å². The van der Waals surface area contributed by atoms with Crippen LogP contribution in [0.5, 0.6) is 0 Å². The molecule has 1 atom stereocenters. The minimum absolute atomic E-state index is 0.139. The zero-order valence-electron chi connectivity index (χ0n) is 9.33. The SMILES string of the molecule is CC(C)COCCNCC(O)C1CC1. The van der Waals surface area contributed by atoms with Crippen LogP contribution in [-0.4, -0.2) is 37.5 Å². The van der Waals surface area contributed by atoms with Crippen molar-refractivity contribution in [2.75, 3.05) is 26.3 Å². The standard InChI is InChI=1S/C11H23NO2/c1-9(2)8-14-6-5-12-7-11(13)10-3-4-10/h9-13H,3-8H2,1-2H3. The zero-order valence-corrected chi connectivity index (χ0v) is 9.33. The van der Waals surface area contributed by atoms with E-state index in [1.807, 2.05) is 0 Å². The minimum Gasteiger partial charge on any atom is -0.392 e. The minimum atomic E-state index is -0.139. The number of aliphatic hydroxyl groups is 1. The maximum absolute atomic E-state index is 9.53. The number of rotatable bonds is 8. The smallest absolute Gasteiger partial charge is 0.0692 e. The van der Waals surface area contributed by atoms with E-state index in [0.29, 0.717) is 11.8 Å². The van der Waals surface area contributed by atoms with Crippen molar-refractivity contribution in [2.45, 2.75) is 32.8 Å². The Labute approximate surface area is 86.8 Å². The van der Waals surface area contributed by atoms with Crippen molar-refractivity contribution in [3.63, 3.8) is 0 Å². The maximum atomic E-state index is 9.53. The normalized spacial score (nSPS) is 18.9. The van der Waals surface area contributed by atoms with Crippen molar-refractivity contribution in [3.8, 4) is 0 Å². The van der Waals surface area contributed by atoms with E-state index >= 15 is 0 Å². The first kappa shape index (κ1) is 12.0. The molecule has 1 saturated carbocycles. The summed E-state index contributed by atoms with van der Waals surface area (Å²) in [6.07, 6.45) is 2.26. The molecule has 1 aliphatic rings. The first-order valence-corrected chi connectivity index (χ1v) is 5.66. The molecule has 0 aromatic heterocycles. The second kappa shape index (κ2) is 6.38. The Morgan fingerprint density at radius 3 is 2.71 bits per heavy atom. The Morgan fingerprint density at radius 2 is 2.14 bits per heavy atom. The molecular formula is C11H23NO2. The molecule has 0 heterocycles. The summed E-state index contributed by atoms with van der Waals surface area (Å²) in [4.78, 5) is 0. The molecule has 0 aromatic carbocycles. The second-order valence-electron chi connectivity index (χ2n) is 4.58. The summed E-state index contributed by atoms with van der Waals surface area (Å²) < 4.78 is 5.41. The van der Waals surface area contributed by atoms with Crippen LogP contribution in [0.3, 0.4) is 0 Å². The number of aliphatic hydroxyl groups excluding tert-OH is 1. The van der Waals surface area contributed by atoms with E-state index in [0.717, 1.165) is 26.3 Å². The fourth-order valence-electron chi connectivity index (χ4n) is 1.36. The van der Waals surface area contributed by atoms with E-state index in [1.165, 1.54) is 12.8 Å². The van der Waals surface area contributed by atoms with Crippen LogP contribution in [0.4, 0.5) is 0 Å². The van der Waals surface area contributed by atoms with Gasteiger partial charge in [0.1, 0.15) is 0 Å². The van der Waals surface area contributed by atoms with Gasteiger partial charge < -0.3 is 15.2 Å². The fraction of sp³-hybridized carbons (Fsp3) is 1.00. The van der Waals surface area contributed by atoms with Gasteiger partial charge in [-0.25, -0.2) is 0 Å². The molecule has 0 spiro atoms. The molecule has 0 aliphatic heterocycles. The van der Waals surface area contributed by atoms with E-state index in [-0.39, 0.29) is 6.10 Å². The van der Waals surface area contributed by atoms with Crippen molar-refractivity contribution in [1.29, 1.82) is 0 Å². The third kappa shape index (κ3) is 5.58. The van der Waals surface area contributed by atoms with Gasteiger partial charge in [0.15, 0.2) is 0 Å². The van der Waals surface area contributed by atoms with Gasteiger partial charge in [-0.05, 0) is 24.7 Å². The summed E-state index contributed by atoms with van der Waals surface area (Å²) >= 11 is 0. The zero-order chi connectivity index (χ0) is 10.4. The summed E-state index contributed by atoms with van der Waals surface area (Å²) in [5.74, 6) is 1.17. The van der Waals surface area contributed by atoms with Crippen molar-refractivity contribution < 1.29 is 9.84 Å². The Hall–Kier alpha value is -0.120. The van der Waals surface area contributed by atoms with Crippen LogP contribution in [0.2, 0.25) is 0 Å². The van der Waals surface area contributed by atoms with Gasteiger partial charge in [-0.15, -0.1) is 0 Å². The lowest BCUT2D eigenvalue weighted by molar-refractivity contribution is 0.104. The van der Waals surface area contributed by atoms with E-state index in [2.05, 4.69) is 19.2 Å². The van der Waals surface area contributed by atoms with Crippen molar-refractivity contribution in [3.05, 3.63) is 0 Å². The molecule has 1 rings (SSSR count). The van der Waals surface area contributed by atoms with Crippen LogP contribution < -0.4 is 5.32 Å². The van der Waals surface area contributed by atoms with Gasteiger partial charge in [-0.2, -0.15) is 0 Å². The molecule has 1 fully saturated rings. The van der Waals surface area contributed by atoms with Crippen LogP contribution in [0.25, 0.3) is 0 Å². The van der Waals surface area contributed by atoms with Gasteiger partial charge in [0, 0.05) is 19.7 Å². The molecule has 2 N–H and O–H groups in total. The number of hydrogen-bond donors (Lipinski definition) is 2. The number of ether oxygens (including phenoxy) is 1. The van der Waals surface area contributed by atoms with Crippen LogP contribution in [0.15, 0.2) is 0 Å². The summed E-state index contributed by atoms with van der Waals surface area (Å²) in [5.41, 5.74) is 0. The lowest BCUT2D eigenvalue weighted by atomic mass is 10.2. The Kier molecular flexibility index (Phi) is 5.45. The highest BCUT2D eigenvalue weighted by Crippen LogP contribution is 2.32. The third-order valence-corrected chi connectivity index (χ3v) is 2.39. The molecular weight excluding hydrogens is 178 g/mol. The van der Waals surface area contributed by atoms with Gasteiger partial charge in [0.05, 0.1) is 12.7 Å². The topological polar surface area (TPSA) is 41.5 Å². The molecule has 0 aromatic rings. The highest BCUT2D eigenvalue weighted by molar-refractivity contribution is 4.81. The summed E-state index contributed by atoms with van der Waals surface area (Å²) in [7, 11) is 0. The average Bonchev–Trinajstić information content (AvgIpc) is 2.92. The van der Waals surface area contributed by atoms with Gasteiger partial charge in [0.25, 0.3) is 0 Å². The fourth-order valence-corrected chi connectivity index (χ4v) is 1.36. The van der Waals surface area contributed by atoms with Crippen LogP contribution in [-0.2, 0) is 4.74 Å². The van der Waals surface area contributed by atoms with Crippen molar-refractivity contribution >= 4 is 0 Å². The van der Waals surface area contributed by atoms with Gasteiger partial charge in [-0.1, -0.05) is 13.8 Å². The molecule has 1 aliphatic carbocycles. The first-order valence-electron chi connectivity index (χ1n) is 5.66. The van der Waals surface area contributed by atoms with E-state index < -0.39 is 0 Å². The second-order valence-corrected chi connectivity index (χ2v) is 4.58. The molecule has 84 valence electrons. The highest BCUT2D eigenvalue weighted by Gasteiger charge is 2.28. The van der Waals surface area contributed by atoms with E-state index in [4.69, 9.17) is 4.74 Å². The predicted molar refractivity (Wildman–Crippen MR) is 57.3 cm³/mol. The number of nitrogens with one attached hydrogen (secondary N) is 1. The monoisotopic (exact) mass is 201 g/mol. The quantitative estimate of drug-likeness (QED) is 0.576. The first-order chi connectivity index (χ1) is 6.70. The predicted octanol–water partition coefficient (Wildman–Crippen LogP) is 1.02. The number of hydrogen-bond acceptors (Lipinski definition) is 3. The third-order valence-electron chi connectivity index (χ3n) is 2.39. The lowest BCUT2D eigenvalue weighted by Crippen LogP contribution is -2.30. The van der Waals surface area contributed by atoms with Gasteiger partial charge in [-0.3, -0.25) is 0 Å². The van der Waals surface area contributed by atoms with Crippen LogP contribution >= 0.6 is 0 Å². The summed E-state index contributed by atoms with van der Waals surface area (Å²) in [6, 6.07) is 0. The van der Waals surface area contributed by atoms with Crippen LogP contribution in [0, 0.1) is 11.8 Å². The summed E-state index contributed by atoms with van der Waals surface area (Å²) in [5, 5.41) is 12.7. The molecule has 0 amide bonds. The molecule has 0 saturated heterocycles. The van der Waals surface area contributed by atoms with Gasteiger partial charge in [0.2, 0.25) is 0 Å². The van der Waals surface area contributed by atoms with Gasteiger partial charge >= 0.3 is 0 Å². The average molecular weight is 201 g/mol. The molecule has 1 unspecified atom stereocenters. The maximum Gasteiger partial charge on any atom is 0.0692 e. The summed E-state index contributed by atoms with van der Waals surface area (Å²) in [6.45, 7) is 7.42. The Morgan fingerprint density at radius 1 is 1.43 bits per heavy atom. The van der Waals surface area contributed by atoms with Crippen molar-refractivity contribution in [1.82, 2.24) is 5.32 Å². The largest absolute Gasteiger partial charge is 0.392 e. The molecule has 3 nitrogen and oxygen atoms in total. The van der Waals surface area contributed by atoms with Crippen molar-refractivity contribution in [2.24, 2.45) is 11.8 Å².